The normalized spacial score (nSPS) is 14.9. The van der Waals surface area contributed by atoms with Gasteiger partial charge >= 0.3 is 5.97 Å². The van der Waals surface area contributed by atoms with E-state index in [1.807, 2.05) is 215 Å². The molecule has 29 heteroatoms. The van der Waals surface area contributed by atoms with Gasteiger partial charge in [0.15, 0.2) is 5.65 Å². The first-order valence-corrected chi connectivity index (χ1v) is 43.6. The molecule has 1 aliphatic rings. The van der Waals surface area contributed by atoms with Crippen molar-refractivity contribution in [2.45, 2.75) is 165 Å². The third kappa shape index (κ3) is 18.5. The summed E-state index contributed by atoms with van der Waals surface area (Å²) in [4.78, 5) is 46.7. The number of fused-ring (bicyclic) bond motifs is 3. The van der Waals surface area contributed by atoms with Gasteiger partial charge in [0, 0.05) is 130 Å². The molecule has 3 N–H and O–H groups in total. The van der Waals surface area contributed by atoms with Crippen molar-refractivity contribution in [3.05, 3.63) is 298 Å². The zero-order chi connectivity index (χ0) is 94.4. The Morgan fingerprint density at radius 3 is 1.52 bits per heavy atom. The number of rotatable bonds is 21. The number of aromatic nitrogens is 18. The number of halogens is 2. The van der Waals surface area contributed by atoms with Gasteiger partial charge in [-0.2, -0.15) is 20.4 Å². The average molecular weight is 1780 g/mol. The molecular formula is C102H102ClFN20O7. The van der Waals surface area contributed by atoms with Gasteiger partial charge in [0.2, 0.25) is 0 Å². The largest absolute Gasteiger partial charge is 0.478 e. The van der Waals surface area contributed by atoms with E-state index in [4.69, 9.17) is 58.0 Å². The minimum atomic E-state index is -1.76. The van der Waals surface area contributed by atoms with Gasteiger partial charge in [-0.15, -0.1) is 0 Å². The predicted molar refractivity (Wildman–Crippen MR) is 505 cm³/mol. The van der Waals surface area contributed by atoms with Crippen LogP contribution in [-0.4, -0.2) is 117 Å². The Morgan fingerprint density at radius 2 is 1.05 bits per heavy atom. The van der Waals surface area contributed by atoms with Crippen LogP contribution in [0.15, 0.2) is 226 Å². The van der Waals surface area contributed by atoms with Crippen molar-refractivity contribution in [3.8, 4) is 78.3 Å². The summed E-state index contributed by atoms with van der Waals surface area (Å²) in [6.07, 6.45) is 17.6. The maximum atomic E-state index is 14.4. The number of anilines is 1. The van der Waals surface area contributed by atoms with Crippen molar-refractivity contribution >= 4 is 67.7 Å². The summed E-state index contributed by atoms with van der Waals surface area (Å²) < 4.78 is 63.0. The van der Waals surface area contributed by atoms with E-state index in [1.165, 1.54) is 6.07 Å². The highest BCUT2D eigenvalue weighted by atomic mass is 35.5. The number of carbonyl (C=O) groups is 2. The molecule has 0 saturated heterocycles. The molecular weight excluding hydrogens is 1670 g/mol. The minimum absolute atomic E-state index is 0.0356. The van der Waals surface area contributed by atoms with E-state index in [-0.39, 0.29) is 40.4 Å². The molecule has 0 aliphatic heterocycles. The zero-order valence-electron chi connectivity index (χ0n) is 78.0. The lowest BCUT2D eigenvalue weighted by molar-refractivity contribution is -0.121. The monoisotopic (exact) mass is 1770 g/mol. The molecule has 0 radical (unpaired) electrons. The van der Waals surface area contributed by atoms with Crippen LogP contribution in [0, 0.1) is 66.7 Å². The second-order valence-corrected chi connectivity index (χ2v) is 34.6. The minimum Gasteiger partial charge on any atom is -0.478 e. The molecule has 1 fully saturated rings. The van der Waals surface area contributed by atoms with Crippen molar-refractivity contribution in [2.75, 3.05) is 5.32 Å². The Morgan fingerprint density at radius 1 is 0.580 bits per heavy atom. The number of carboxylic acids is 1. The van der Waals surface area contributed by atoms with Crippen LogP contribution in [0.5, 0.6) is 0 Å². The van der Waals surface area contributed by atoms with Gasteiger partial charge in [-0.1, -0.05) is 105 Å². The molecule has 131 heavy (non-hydrogen) atoms. The fraction of sp³-hybridized carbons (Fsp3) is 0.275. The highest BCUT2D eigenvalue weighted by molar-refractivity contribution is 6.34. The van der Waals surface area contributed by atoms with Crippen molar-refractivity contribution in [1.82, 2.24) is 89.2 Å². The second kappa shape index (κ2) is 37.1. The van der Waals surface area contributed by atoms with Gasteiger partial charge in [0.1, 0.15) is 51.4 Å². The summed E-state index contributed by atoms with van der Waals surface area (Å²) in [5.74, 6) is 1.68. The lowest BCUT2D eigenvalue weighted by atomic mass is 9.81. The Balaban J connectivity index is 0.000000129. The number of aromatic carboxylic acids is 1. The zero-order valence-corrected chi connectivity index (χ0v) is 76.7. The van der Waals surface area contributed by atoms with E-state index in [1.54, 1.807) is 77.1 Å². The van der Waals surface area contributed by atoms with Crippen LogP contribution >= 0.6 is 11.6 Å². The van der Waals surface area contributed by atoms with Crippen molar-refractivity contribution < 1.29 is 39.9 Å². The number of hydrogen-bond donors (Lipinski definition) is 3. The van der Waals surface area contributed by atoms with Crippen LogP contribution in [0.4, 0.5) is 10.1 Å². The van der Waals surface area contributed by atoms with Gasteiger partial charge in [-0.05, 0) is 237 Å². The number of carboxylic acid groups (broad SMARTS) is 1. The summed E-state index contributed by atoms with van der Waals surface area (Å²) in [5, 5.41) is 58.6. The maximum Gasteiger partial charge on any atom is 0.337 e. The van der Waals surface area contributed by atoms with Crippen LogP contribution in [0.25, 0.3) is 111 Å². The predicted octanol–water partition coefficient (Wildman–Crippen LogP) is 22.9. The van der Waals surface area contributed by atoms with Gasteiger partial charge in [0.05, 0.1) is 118 Å². The number of benzene rings is 5. The Kier molecular flexibility index (Phi) is 24.6. The SMILES string of the molecule is CC(=O)C(C)(C)c1ccc(-c2nn([C@@H](C)c3ccccn3)c3cc(-c4c(C)noc4C)ccc23)cc1.Cc1noc(C)c1-c1ccc(C(=N)c2cnn(C)c2)c(N[C@@H](C)c2ccccn2)c1.Cc1noc(C)c1-c1ccc2c(-c3ccc(C(=O)O)c(Cl)c3)nn([C@@H](C)c3ccccn3)c2c1.[2H]C([2H])(C1CCC(C)(F)CC1)n1cc(-c2cnn(C)c2)c2ncc(-c3c(C)noc3C)nc21. The van der Waals surface area contributed by atoms with Crippen LogP contribution in [0.1, 0.15) is 185 Å². The van der Waals surface area contributed by atoms with E-state index >= 15 is 0 Å². The number of aryl methyl sites for hydroxylation is 10. The number of nitrogens with one attached hydrogen (secondary N) is 2. The Bertz CT molecular complexity index is 7280. The molecule has 13 heterocycles. The molecule has 13 aromatic heterocycles. The molecule has 0 unspecified atom stereocenters. The molecule has 27 nitrogen and oxygen atoms in total. The first-order chi connectivity index (χ1) is 63.5. The first-order valence-electron chi connectivity index (χ1n) is 44.2. The summed E-state index contributed by atoms with van der Waals surface area (Å²) in [5.41, 5.74) is 23.2. The van der Waals surface area contributed by atoms with Gasteiger partial charge in [-0.25, -0.2) is 19.2 Å². The first kappa shape index (κ1) is 86.9. The topological polar surface area (TPSA) is 335 Å². The number of carbonyl (C=O) groups excluding carboxylic acids is 1. The Labute approximate surface area is 764 Å². The van der Waals surface area contributed by atoms with Gasteiger partial charge in [0.25, 0.3) is 0 Å². The molecule has 5 aromatic carbocycles. The third-order valence-corrected chi connectivity index (χ3v) is 24.8. The smallest absolute Gasteiger partial charge is 0.337 e. The molecule has 1 aliphatic carbocycles. The standard InChI is InChI=1S/C30H30N4O2.C26H21ClN4O3.C23H27FN6O.C23H24N6O/c1-18-28(20(3)36-33-18)23-12-15-25-27(17-23)34(19(2)26-9-7-8-16-31-26)32-29(25)22-10-13-24(14-11-22)30(5,6)21(4)35;1-14-24(16(3)34-30-14)17-7-10-20-23(13-17)31(15(2)22-6-4-5-11-28-22)29-25(20)18-8-9-19(26(32)33)21(27)12-18;1-14-20(15(2)31-28-14)19-10-25-21-18(17-9-26-29(4)12-17)13-30(22(21)27-19)11-16-5-7-23(3,24)8-6-16;1-14(20-7-5-6-10-25-20)27-21-11-17(22-15(2)28-30-16(22)3)8-9-19(21)23(24)18-12-26-29(4)13-18/h7-17,19H,1-6H3;4-13,15H,1-3H3,(H,32,33);9-10,12-13,16H,5-8,11H2,1-4H3;5-14,24,27H,1-4H3/t19-;15-;;14-/m00.0/s1/i;;11D2;. The average Bonchev–Trinajstić information content (AvgIpc) is 1.60. The molecule has 0 spiro atoms. The summed E-state index contributed by atoms with van der Waals surface area (Å²) in [7, 11) is 3.68. The van der Waals surface area contributed by atoms with Crippen molar-refractivity contribution in [1.29, 1.82) is 5.41 Å². The van der Waals surface area contributed by atoms with Crippen LogP contribution in [0.2, 0.25) is 5.02 Å². The van der Waals surface area contributed by atoms with Crippen molar-refractivity contribution in [3.63, 3.8) is 0 Å². The third-order valence-electron chi connectivity index (χ3n) is 24.5. The fourth-order valence-corrected chi connectivity index (χ4v) is 17.2. The summed E-state index contributed by atoms with van der Waals surface area (Å²) >= 11 is 6.28. The second-order valence-electron chi connectivity index (χ2n) is 34.2. The number of nitrogens with zero attached hydrogens (tertiary/aromatic N) is 18. The summed E-state index contributed by atoms with van der Waals surface area (Å²) in [6.45, 7) is 26.8. The number of ketones is 1. The van der Waals surface area contributed by atoms with Gasteiger partial charge < -0.3 is 33.1 Å². The quantitative estimate of drug-likeness (QED) is 0.0563. The number of hydrogen-bond acceptors (Lipinski definition) is 21. The molecule has 666 valence electrons. The van der Waals surface area contributed by atoms with E-state index in [9.17, 15) is 19.1 Å². The van der Waals surface area contributed by atoms with Crippen LogP contribution < -0.4 is 5.32 Å². The fourth-order valence-electron chi connectivity index (χ4n) is 16.9. The lowest BCUT2D eigenvalue weighted by Gasteiger charge is -2.31. The Hall–Kier alpha value is -14.8. The van der Waals surface area contributed by atoms with E-state index < -0.39 is 23.5 Å². The molecule has 0 bridgehead atoms. The highest BCUT2D eigenvalue weighted by Crippen LogP contribution is 2.43. The van der Waals surface area contributed by atoms with E-state index in [0.29, 0.717) is 65.4 Å². The molecule has 3 atom stereocenters. The van der Waals surface area contributed by atoms with Crippen LogP contribution in [0.3, 0.4) is 0 Å². The molecule has 0 amide bonds. The van der Waals surface area contributed by atoms with E-state index in [2.05, 4.69) is 101 Å². The number of alkyl halides is 1. The van der Waals surface area contributed by atoms with Crippen LogP contribution in [-0.2, 0) is 30.8 Å². The molecule has 18 aromatic rings. The number of Topliss-reactive ketones (excluding diaryl/α,β-unsaturated/α-hetero) is 1. The lowest BCUT2D eigenvalue weighted by Crippen LogP contribution is -2.27. The molecule has 1 saturated carbocycles. The number of pyridine rings is 3. The van der Waals surface area contributed by atoms with Crippen molar-refractivity contribution in [2.24, 2.45) is 20.0 Å². The molecule has 19 rings (SSSR count). The van der Waals surface area contributed by atoms with Gasteiger partial charge in [-0.3, -0.25) is 43.9 Å². The maximum absolute atomic E-state index is 14.4. The highest BCUT2D eigenvalue weighted by Gasteiger charge is 2.33. The van der Waals surface area contributed by atoms with E-state index in [0.717, 1.165) is 163 Å². The summed E-state index contributed by atoms with van der Waals surface area (Å²) in [6, 6.07) is 48.9.